The van der Waals surface area contributed by atoms with Crippen LogP contribution in [0.4, 0.5) is 0 Å². The lowest BCUT2D eigenvalue weighted by Gasteiger charge is -1.88. The maximum Gasteiger partial charge on any atom is 0.365 e. The van der Waals surface area contributed by atoms with Gasteiger partial charge in [-0.25, -0.2) is 9.78 Å². The average molecular weight is 193 g/mol. The number of rotatable bonds is 1. The van der Waals surface area contributed by atoms with E-state index in [1.165, 1.54) is 11.3 Å². The van der Waals surface area contributed by atoms with Crippen LogP contribution in [0.3, 0.4) is 0 Å². The molecule has 0 saturated heterocycles. The molecule has 2 rings (SSSR count). The van der Waals surface area contributed by atoms with Gasteiger partial charge in [0, 0.05) is 0 Å². The highest BCUT2D eigenvalue weighted by Crippen LogP contribution is 2.22. The molecule has 3 nitrogen and oxygen atoms in total. The Morgan fingerprint density at radius 3 is 3.00 bits per heavy atom. The van der Waals surface area contributed by atoms with Crippen molar-refractivity contribution in [3.05, 3.63) is 28.8 Å². The van der Waals surface area contributed by atoms with Crippen LogP contribution in [0.1, 0.15) is 15.4 Å². The molecule has 1 aromatic heterocycles. The van der Waals surface area contributed by atoms with Gasteiger partial charge in [0.1, 0.15) is 0 Å². The zero-order valence-corrected chi connectivity index (χ0v) is 7.76. The minimum absolute atomic E-state index is 0.153. The van der Waals surface area contributed by atoms with Crippen LogP contribution in [0.25, 0.3) is 10.2 Å². The molecule has 13 heavy (non-hydrogen) atoms. The van der Waals surface area contributed by atoms with E-state index in [0.29, 0.717) is 0 Å². The molecule has 1 heterocycles. The van der Waals surface area contributed by atoms with Crippen LogP contribution >= 0.6 is 11.3 Å². The quantitative estimate of drug-likeness (QED) is 0.756. The van der Waals surface area contributed by atoms with Crippen molar-refractivity contribution in [2.75, 3.05) is 0 Å². The van der Waals surface area contributed by atoms with E-state index in [0.717, 1.165) is 15.8 Å². The Hall–Kier alpha value is -1.42. The molecule has 66 valence electrons. The van der Waals surface area contributed by atoms with Gasteiger partial charge in [-0.15, -0.1) is 11.3 Å². The normalized spacial score (nSPS) is 10.5. The standard InChI is InChI=1S/C9H7NO2S/c1-5-2-3-7-6(4-5)10-8(13-7)9(11)12/h2-4H,1H3,(H,11,12). The molecule has 0 aliphatic rings. The molecule has 0 aliphatic heterocycles. The fourth-order valence-electron chi connectivity index (χ4n) is 1.13. The highest BCUT2D eigenvalue weighted by Gasteiger charge is 2.09. The van der Waals surface area contributed by atoms with Gasteiger partial charge in [-0.1, -0.05) is 6.07 Å². The van der Waals surface area contributed by atoms with E-state index < -0.39 is 5.97 Å². The molecule has 4 heteroatoms. The molecule has 0 radical (unpaired) electrons. The van der Waals surface area contributed by atoms with Crippen LogP contribution in [-0.2, 0) is 0 Å². The zero-order chi connectivity index (χ0) is 9.42. The second-order valence-electron chi connectivity index (χ2n) is 2.80. The maximum atomic E-state index is 10.6. The summed E-state index contributed by atoms with van der Waals surface area (Å²) in [6.45, 7) is 1.96. The second kappa shape index (κ2) is 2.81. The molecular weight excluding hydrogens is 186 g/mol. The van der Waals surface area contributed by atoms with Crippen LogP contribution in [0.5, 0.6) is 0 Å². The number of nitrogens with zero attached hydrogens (tertiary/aromatic N) is 1. The third-order valence-corrected chi connectivity index (χ3v) is 2.75. The number of hydrogen-bond donors (Lipinski definition) is 1. The SMILES string of the molecule is Cc1ccc2sc(C(=O)O)nc2c1. The number of aromatic carboxylic acids is 1. The van der Waals surface area contributed by atoms with Crippen molar-refractivity contribution in [1.82, 2.24) is 4.98 Å². The summed E-state index contributed by atoms with van der Waals surface area (Å²) >= 11 is 1.20. The molecule has 0 aliphatic carbocycles. The van der Waals surface area contributed by atoms with Gasteiger partial charge in [-0.2, -0.15) is 0 Å². The second-order valence-corrected chi connectivity index (χ2v) is 3.83. The summed E-state index contributed by atoms with van der Waals surface area (Å²) < 4.78 is 0.919. The van der Waals surface area contributed by atoms with Gasteiger partial charge in [0.25, 0.3) is 0 Å². The zero-order valence-electron chi connectivity index (χ0n) is 6.94. The first kappa shape index (κ1) is 8.19. The lowest BCUT2D eigenvalue weighted by molar-refractivity contribution is 0.0696. The highest BCUT2D eigenvalue weighted by atomic mass is 32.1. The van der Waals surface area contributed by atoms with E-state index in [1.54, 1.807) is 0 Å². The van der Waals surface area contributed by atoms with Gasteiger partial charge in [-0.05, 0) is 24.6 Å². The van der Waals surface area contributed by atoms with Crippen LogP contribution in [0, 0.1) is 6.92 Å². The third-order valence-electron chi connectivity index (χ3n) is 1.73. The van der Waals surface area contributed by atoms with Crippen molar-refractivity contribution in [3.8, 4) is 0 Å². The number of aryl methyl sites for hydroxylation is 1. The molecule has 0 atom stereocenters. The first-order valence-electron chi connectivity index (χ1n) is 3.77. The number of aromatic nitrogens is 1. The number of benzene rings is 1. The van der Waals surface area contributed by atoms with E-state index >= 15 is 0 Å². The molecule has 0 bridgehead atoms. The summed E-state index contributed by atoms with van der Waals surface area (Å²) in [6, 6.07) is 5.74. The summed E-state index contributed by atoms with van der Waals surface area (Å²) in [5, 5.41) is 8.86. The number of carboxylic acids is 1. The topological polar surface area (TPSA) is 50.2 Å². The Labute approximate surface area is 78.7 Å². The summed E-state index contributed by atoms with van der Waals surface area (Å²) in [7, 11) is 0. The first-order chi connectivity index (χ1) is 6.16. The Morgan fingerprint density at radius 1 is 1.54 bits per heavy atom. The van der Waals surface area contributed by atoms with Crippen molar-refractivity contribution < 1.29 is 9.90 Å². The van der Waals surface area contributed by atoms with Gasteiger partial charge in [0.15, 0.2) is 0 Å². The number of carbonyl (C=O) groups is 1. The smallest absolute Gasteiger partial charge is 0.365 e. The van der Waals surface area contributed by atoms with E-state index in [9.17, 15) is 4.79 Å². The lowest BCUT2D eigenvalue weighted by atomic mass is 10.2. The Balaban J connectivity index is 2.68. The van der Waals surface area contributed by atoms with Crippen molar-refractivity contribution in [3.63, 3.8) is 0 Å². The highest BCUT2D eigenvalue weighted by molar-refractivity contribution is 7.20. The van der Waals surface area contributed by atoms with Crippen LogP contribution in [0.2, 0.25) is 0 Å². The Bertz CT molecular complexity index is 475. The van der Waals surface area contributed by atoms with E-state index in [1.807, 2.05) is 25.1 Å². The Kier molecular flexibility index (Phi) is 1.77. The summed E-state index contributed by atoms with van der Waals surface area (Å²) in [6.07, 6.45) is 0. The third kappa shape index (κ3) is 1.40. The van der Waals surface area contributed by atoms with Gasteiger partial charge in [-0.3, -0.25) is 0 Å². The van der Waals surface area contributed by atoms with Crippen molar-refractivity contribution in [1.29, 1.82) is 0 Å². The molecule has 2 aromatic rings. The number of hydrogen-bond acceptors (Lipinski definition) is 3. The van der Waals surface area contributed by atoms with Crippen molar-refractivity contribution in [2.45, 2.75) is 6.92 Å². The minimum atomic E-state index is -0.959. The van der Waals surface area contributed by atoms with Crippen LogP contribution in [0.15, 0.2) is 18.2 Å². The number of thiazole rings is 1. The van der Waals surface area contributed by atoms with Gasteiger partial charge < -0.3 is 5.11 Å². The van der Waals surface area contributed by atoms with Crippen molar-refractivity contribution in [2.24, 2.45) is 0 Å². The van der Waals surface area contributed by atoms with E-state index in [2.05, 4.69) is 4.98 Å². The largest absolute Gasteiger partial charge is 0.476 e. The van der Waals surface area contributed by atoms with Crippen LogP contribution in [-0.4, -0.2) is 16.1 Å². The van der Waals surface area contributed by atoms with Gasteiger partial charge in [0.2, 0.25) is 5.01 Å². The number of carboxylic acid groups (broad SMARTS) is 1. The molecule has 0 amide bonds. The molecular formula is C9H7NO2S. The predicted octanol–water partition coefficient (Wildman–Crippen LogP) is 2.30. The monoisotopic (exact) mass is 193 g/mol. The maximum absolute atomic E-state index is 10.6. The summed E-state index contributed by atoms with van der Waals surface area (Å²) in [5.74, 6) is -0.959. The first-order valence-corrected chi connectivity index (χ1v) is 4.59. The van der Waals surface area contributed by atoms with Gasteiger partial charge >= 0.3 is 5.97 Å². The van der Waals surface area contributed by atoms with E-state index in [-0.39, 0.29) is 5.01 Å². The molecule has 1 aromatic carbocycles. The molecule has 0 unspecified atom stereocenters. The fourth-order valence-corrected chi connectivity index (χ4v) is 1.91. The van der Waals surface area contributed by atoms with Crippen molar-refractivity contribution >= 4 is 27.5 Å². The molecule has 0 spiro atoms. The predicted molar refractivity (Wildman–Crippen MR) is 51.3 cm³/mol. The fraction of sp³-hybridized carbons (Fsp3) is 0.111. The van der Waals surface area contributed by atoms with E-state index in [4.69, 9.17) is 5.11 Å². The van der Waals surface area contributed by atoms with Crippen LogP contribution < -0.4 is 0 Å². The lowest BCUT2D eigenvalue weighted by Crippen LogP contribution is -1.93. The minimum Gasteiger partial charge on any atom is -0.476 e. The Morgan fingerprint density at radius 2 is 2.31 bits per heavy atom. The molecule has 1 N–H and O–H groups in total. The average Bonchev–Trinajstić information content (AvgIpc) is 2.46. The molecule has 0 fully saturated rings. The van der Waals surface area contributed by atoms with Gasteiger partial charge in [0.05, 0.1) is 10.2 Å². The number of fused-ring (bicyclic) bond motifs is 1. The molecule has 0 saturated carbocycles. The summed E-state index contributed by atoms with van der Waals surface area (Å²) in [4.78, 5) is 14.6. The summed E-state index contributed by atoms with van der Waals surface area (Å²) in [5.41, 5.74) is 1.86.